The van der Waals surface area contributed by atoms with Gasteiger partial charge in [0.2, 0.25) is 5.52 Å². The van der Waals surface area contributed by atoms with E-state index in [1.165, 1.54) is 6.20 Å². The van der Waals surface area contributed by atoms with Gasteiger partial charge in [-0.25, -0.2) is 0 Å². The summed E-state index contributed by atoms with van der Waals surface area (Å²) in [6.07, 6.45) is -2.50. The van der Waals surface area contributed by atoms with E-state index in [-0.39, 0.29) is 10.8 Å². The highest BCUT2D eigenvalue weighted by atomic mass is 19.4. The Hall–Kier alpha value is -3.34. The van der Waals surface area contributed by atoms with Gasteiger partial charge in [-0.1, -0.05) is 45.0 Å². The summed E-state index contributed by atoms with van der Waals surface area (Å²) in [5, 5.41) is 4.15. The number of alkyl halides is 3. The molecular formula is C31H30F3N2+. The Morgan fingerprint density at radius 1 is 0.833 bits per heavy atom. The Morgan fingerprint density at radius 3 is 2.19 bits per heavy atom. The third-order valence-corrected chi connectivity index (χ3v) is 7.72. The van der Waals surface area contributed by atoms with Gasteiger partial charge in [-0.3, -0.25) is 0 Å². The number of aromatic nitrogens is 2. The van der Waals surface area contributed by atoms with Crippen molar-refractivity contribution in [1.29, 1.82) is 0 Å². The molecule has 0 N–H and O–H groups in total. The van der Waals surface area contributed by atoms with Crippen LogP contribution in [0.3, 0.4) is 0 Å². The van der Waals surface area contributed by atoms with Crippen LogP contribution in [-0.2, 0) is 19.6 Å². The Balaban J connectivity index is 2.08. The first-order valence-corrected chi connectivity index (χ1v) is 12.4. The molecule has 3 aromatic carbocycles. The molecule has 6 rings (SSSR count). The zero-order chi connectivity index (χ0) is 25.9. The highest BCUT2D eigenvalue weighted by Crippen LogP contribution is 2.47. The van der Waals surface area contributed by atoms with Crippen molar-refractivity contribution < 1.29 is 17.7 Å². The first-order valence-electron chi connectivity index (χ1n) is 12.4. The van der Waals surface area contributed by atoms with E-state index in [0.29, 0.717) is 11.8 Å². The molecule has 0 aliphatic rings. The summed E-state index contributed by atoms with van der Waals surface area (Å²) in [5.41, 5.74) is 7.52. The molecule has 0 fully saturated rings. The minimum absolute atomic E-state index is 0.0872. The van der Waals surface area contributed by atoms with E-state index in [0.717, 1.165) is 60.5 Å². The van der Waals surface area contributed by atoms with Crippen LogP contribution in [0.15, 0.2) is 42.6 Å². The third-order valence-electron chi connectivity index (χ3n) is 7.72. The maximum absolute atomic E-state index is 14.5. The van der Waals surface area contributed by atoms with Crippen LogP contribution in [0.5, 0.6) is 0 Å². The molecule has 0 spiro atoms. The van der Waals surface area contributed by atoms with Gasteiger partial charge in [0.15, 0.2) is 6.20 Å². The molecule has 0 amide bonds. The third kappa shape index (κ3) is 3.01. The van der Waals surface area contributed by atoms with Crippen LogP contribution in [0, 0.1) is 26.2 Å². The summed E-state index contributed by atoms with van der Waals surface area (Å²) in [4.78, 5) is 0. The van der Waals surface area contributed by atoms with Crippen LogP contribution in [-0.4, -0.2) is 4.40 Å². The molecule has 0 radical (unpaired) electrons. The summed E-state index contributed by atoms with van der Waals surface area (Å²) in [6.45, 7) is 12.7. The lowest BCUT2D eigenvalue weighted by Crippen LogP contribution is -2.32. The van der Waals surface area contributed by atoms with Crippen molar-refractivity contribution in [3.8, 4) is 0 Å². The average molecular weight is 488 g/mol. The van der Waals surface area contributed by atoms with Gasteiger partial charge in [-0.2, -0.15) is 17.7 Å². The summed E-state index contributed by atoms with van der Waals surface area (Å²) in [6, 6.07) is 12.3. The fraction of sp³-hybridized carbons (Fsp3) is 0.323. The fourth-order valence-corrected chi connectivity index (χ4v) is 6.33. The molecule has 0 bridgehead atoms. The highest BCUT2D eigenvalue weighted by molar-refractivity contribution is 6.28. The average Bonchev–Trinajstić information content (AvgIpc) is 3.11. The quantitative estimate of drug-likeness (QED) is 0.125. The molecule has 6 aromatic rings. The van der Waals surface area contributed by atoms with E-state index in [1.54, 1.807) is 11.6 Å². The Bertz CT molecular complexity index is 1860. The number of pyridine rings is 2. The highest BCUT2D eigenvalue weighted by Gasteiger charge is 2.39. The molecule has 0 saturated carbocycles. The lowest BCUT2D eigenvalue weighted by Gasteiger charge is -2.22. The number of para-hydroxylation sites is 1. The van der Waals surface area contributed by atoms with Gasteiger partial charge in [0.05, 0.1) is 27.3 Å². The van der Waals surface area contributed by atoms with Gasteiger partial charge in [-0.05, 0) is 67.0 Å². The number of halogens is 3. The molecule has 0 unspecified atom stereocenters. The smallest absolute Gasteiger partial charge is 0.307 e. The maximum atomic E-state index is 14.5. The van der Waals surface area contributed by atoms with Gasteiger partial charge < -0.3 is 4.40 Å². The maximum Gasteiger partial charge on any atom is 0.422 e. The minimum Gasteiger partial charge on any atom is -0.307 e. The molecule has 0 aliphatic carbocycles. The lowest BCUT2D eigenvalue weighted by molar-refractivity contribution is -0.644. The van der Waals surface area contributed by atoms with Gasteiger partial charge >= 0.3 is 6.18 Å². The molecule has 5 heteroatoms. The number of fused-ring (bicyclic) bond motifs is 6. The molecule has 0 saturated heterocycles. The standard InChI is InChI=1S/C31H30F3N2/c1-16-12-17(2)27-24(18(16)3)28-26-21(22(15-35(28)7)31(32,33)34)13-19(14-30(4,5)6)25-20-10-8-9-11-23(20)36(27)29(25)26/h8-13,15H,14H2,1-7H3/q+1. The number of hydrogen-bond donors (Lipinski definition) is 0. The normalized spacial score (nSPS) is 13.4. The summed E-state index contributed by atoms with van der Waals surface area (Å²) >= 11 is 0. The molecule has 3 heterocycles. The van der Waals surface area contributed by atoms with Crippen molar-refractivity contribution in [1.82, 2.24) is 4.40 Å². The van der Waals surface area contributed by atoms with Crippen molar-refractivity contribution in [2.75, 3.05) is 0 Å². The van der Waals surface area contributed by atoms with Crippen LogP contribution in [0.4, 0.5) is 13.2 Å². The van der Waals surface area contributed by atoms with Crippen LogP contribution in [0.1, 0.15) is 48.6 Å². The second-order valence-corrected chi connectivity index (χ2v) is 11.6. The second kappa shape index (κ2) is 7.12. The fourth-order valence-electron chi connectivity index (χ4n) is 6.33. The predicted octanol–water partition coefficient (Wildman–Crippen LogP) is 8.35. The molecule has 36 heavy (non-hydrogen) atoms. The van der Waals surface area contributed by atoms with Crippen LogP contribution < -0.4 is 4.57 Å². The van der Waals surface area contributed by atoms with Crippen molar-refractivity contribution in [3.05, 3.63) is 70.4 Å². The van der Waals surface area contributed by atoms with Crippen molar-refractivity contribution in [3.63, 3.8) is 0 Å². The first kappa shape index (κ1) is 23.1. The number of hydrogen-bond acceptors (Lipinski definition) is 0. The Morgan fingerprint density at radius 2 is 1.53 bits per heavy atom. The lowest BCUT2D eigenvalue weighted by atomic mass is 9.84. The van der Waals surface area contributed by atoms with Crippen molar-refractivity contribution in [2.45, 2.75) is 54.1 Å². The van der Waals surface area contributed by atoms with Crippen LogP contribution in [0.25, 0.3) is 49.0 Å². The second-order valence-electron chi connectivity index (χ2n) is 11.6. The van der Waals surface area contributed by atoms with Gasteiger partial charge in [0.25, 0.3) is 0 Å². The summed E-state index contributed by atoms with van der Waals surface area (Å²) < 4.78 is 47.5. The molecule has 2 nitrogen and oxygen atoms in total. The van der Waals surface area contributed by atoms with Crippen LogP contribution >= 0.6 is 0 Å². The van der Waals surface area contributed by atoms with E-state index in [2.05, 4.69) is 64.1 Å². The zero-order valence-electron chi connectivity index (χ0n) is 21.8. The topological polar surface area (TPSA) is 8.29 Å². The molecule has 3 aromatic heterocycles. The van der Waals surface area contributed by atoms with Gasteiger partial charge in [0, 0.05) is 16.2 Å². The Kier molecular flexibility index (Phi) is 4.56. The first-order chi connectivity index (χ1) is 16.8. The van der Waals surface area contributed by atoms with E-state index >= 15 is 0 Å². The van der Waals surface area contributed by atoms with Crippen molar-refractivity contribution in [2.24, 2.45) is 12.5 Å². The van der Waals surface area contributed by atoms with Gasteiger partial charge in [-0.15, -0.1) is 0 Å². The number of rotatable bonds is 1. The number of aryl methyl sites for hydroxylation is 4. The van der Waals surface area contributed by atoms with Crippen LogP contribution in [0.2, 0.25) is 0 Å². The molecule has 0 aliphatic heterocycles. The number of benzene rings is 3. The summed E-state index contributed by atoms with van der Waals surface area (Å²) in [7, 11) is 1.75. The van der Waals surface area contributed by atoms with E-state index in [4.69, 9.17) is 0 Å². The van der Waals surface area contributed by atoms with Crippen molar-refractivity contribution >= 4 is 49.0 Å². The SMILES string of the molecule is Cc1cc(C)c2c(c1C)c1c3c(cc(CC(C)(C)C)c4c5ccccc5n2c43)c(C(F)(F)F)c[n+]1C. The predicted molar refractivity (Wildman–Crippen MR) is 142 cm³/mol. The monoisotopic (exact) mass is 487 g/mol. The van der Waals surface area contributed by atoms with E-state index in [1.807, 2.05) is 18.2 Å². The summed E-state index contributed by atoms with van der Waals surface area (Å²) in [5.74, 6) is 0. The molecule has 184 valence electrons. The molecular weight excluding hydrogens is 457 g/mol. The van der Waals surface area contributed by atoms with Gasteiger partial charge in [0.1, 0.15) is 12.6 Å². The number of nitrogens with zero attached hydrogens (tertiary/aromatic N) is 2. The minimum atomic E-state index is -4.46. The zero-order valence-corrected chi connectivity index (χ0v) is 21.8. The Labute approximate surface area is 208 Å². The van der Waals surface area contributed by atoms with E-state index < -0.39 is 11.7 Å². The molecule has 0 atom stereocenters. The largest absolute Gasteiger partial charge is 0.422 e. The van der Waals surface area contributed by atoms with E-state index in [9.17, 15) is 13.2 Å².